The van der Waals surface area contributed by atoms with Gasteiger partial charge in [-0.15, -0.1) is 0 Å². The van der Waals surface area contributed by atoms with Gasteiger partial charge in [0.2, 0.25) is 11.8 Å². The number of amides is 3. The third kappa shape index (κ3) is 2.40. The van der Waals surface area contributed by atoms with Gasteiger partial charge in [-0.3, -0.25) is 24.7 Å². The van der Waals surface area contributed by atoms with E-state index >= 15 is 0 Å². The Balaban J connectivity index is 2.32. The molecule has 0 radical (unpaired) electrons. The molecule has 1 unspecified atom stereocenters. The largest absolute Gasteiger partial charge is 0.387 e. The maximum absolute atomic E-state index is 12.4. The van der Waals surface area contributed by atoms with E-state index in [4.69, 9.17) is 0 Å². The number of pyridine rings is 1. The number of nitrogens with one attached hydrogen (secondary N) is 2. The van der Waals surface area contributed by atoms with Crippen molar-refractivity contribution in [2.45, 2.75) is 13.0 Å². The Kier molecular flexibility index (Phi) is 3.46. The molecule has 2 rings (SSSR count). The Labute approximate surface area is 110 Å². The molecule has 3 amide bonds. The lowest BCUT2D eigenvalue weighted by atomic mass is 10.1. The zero-order chi connectivity index (χ0) is 14.0. The first-order chi connectivity index (χ1) is 9.04. The minimum absolute atomic E-state index is 0.135. The minimum atomic E-state index is -0.685. The molecule has 100 valence electrons. The highest BCUT2D eigenvalue weighted by atomic mass is 16.2. The fourth-order valence-electron chi connectivity index (χ4n) is 1.90. The van der Waals surface area contributed by atoms with Gasteiger partial charge in [0.05, 0.1) is 5.56 Å². The Hall–Kier alpha value is -2.44. The van der Waals surface area contributed by atoms with E-state index in [1.165, 1.54) is 11.1 Å². The number of hydrogen-bond acceptors (Lipinski definition) is 5. The van der Waals surface area contributed by atoms with Gasteiger partial charge in [0.15, 0.2) is 0 Å². The van der Waals surface area contributed by atoms with Crippen LogP contribution < -0.4 is 10.6 Å². The molecular formula is C12H14N4O3. The van der Waals surface area contributed by atoms with Crippen LogP contribution in [0.1, 0.15) is 17.3 Å². The van der Waals surface area contributed by atoms with Crippen LogP contribution in [0.3, 0.4) is 0 Å². The molecule has 0 aromatic carbocycles. The number of rotatable bonds is 2. The van der Waals surface area contributed by atoms with Crippen molar-refractivity contribution in [3.05, 3.63) is 24.0 Å². The second kappa shape index (κ2) is 5.05. The van der Waals surface area contributed by atoms with Crippen LogP contribution in [0.4, 0.5) is 5.69 Å². The van der Waals surface area contributed by atoms with Gasteiger partial charge < -0.3 is 10.2 Å². The van der Waals surface area contributed by atoms with E-state index in [0.717, 1.165) is 0 Å². The number of hydrogen-bond donors (Lipinski definition) is 2. The van der Waals surface area contributed by atoms with Crippen molar-refractivity contribution < 1.29 is 14.4 Å². The Morgan fingerprint density at radius 2 is 2.26 bits per heavy atom. The molecule has 0 bridgehead atoms. The molecule has 19 heavy (non-hydrogen) atoms. The third-order valence-electron chi connectivity index (χ3n) is 3.01. The average Bonchev–Trinajstić information content (AvgIpc) is 2.42. The lowest BCUT2D eigenvalue weighted by Gasteiger charge is -2.31. The molecular weight excluding hydrogens is 248 g/mol. The van der Waals surface area contributed by atoms with E-state index in [0.29, 0.717) is 11.3 Å². The molecule has 1 fully saturated rings. The summed E-state index contributed by atoms with van der Waals surface area (Å²) in [5.74, 6) is -1.35. The quantitative estimate of drug-likeness (QED) is 0.708. The zero-order valence-corrected chi connectivity index (χ0v) is 10.6. The summed E-state index contributed by atoms with van der Waals surface area (Å²) in [6.07, 6.45) is 2.97. The van der Waals surface area contributed by atoms with Gasteiger partial charge >= 0.3 is 0 Å². The summed E-state index contributed by atoms with van der Waals surface area (Å²) < 4.78 is 0. The van der Waals surface area contributed by atoms with Crippen molar-refractivity contribution in [2.24, 2.45) is 0 Å². The number of piperazine rings is 1. The number of nitrogens with zero attached hydrogens (tertiary/aromatic N) is 2. The fraction of sp³-hybridized carbons (Fsp3) is 0.333. The van der Waals surface area contributed by atoms with Gasteiger partial charge in [-0.1, -0.05) is 0 Å². The monoisotopic (exact) mass is 262 g/mol. The predicted molar refractivity (Wildman–Crippen MR) is 67.4 cm³/mol. The second-order valence-corrected chi connectivity index (χ2v) is 4.19. The van der Waals surface area contributed by atoms with Crippen LogP contribution >= 0.6 is 0 Å². The van der Waals surface area contributed by atoms with Gasteiger partial charge in [-0.05, 0) is 13.0 Å². The van der Waals surface area contributed by atoms with Crippen molar-refractivity contribution >= 4 is 23.4 Å². The third-order valence-corrected chi connectivity index (χ3v) is 3.01. The number of anilines is 1. The highest BCUT2D eigenvalue weighted by molar-refractivity contribution is 6.08. The number of carbonyl (C=O) groups is 3. The van der Waals surface area contributed by atoms with Gasteiger partial charge in [0.1, 0.15) is 12.6 Å². The lowest BCUT2D eigenvalue weighted by molar-refractivity contribution is -0.138. The zero-order valence-electron chi connectivity index (χ0n) is 10.6. The van der Waals surface area contributed by atoms with Crippen LogP contribution in [0.25, 0.3) is 0 Å². The highest BCUT2D eigenvalue weighted by Gasteiger charge is 2.34. The summed E-state index contributed by atoms with van der Waals surface area (Å²) in [6.45, 7) is 1.44. The van der Waals surface area contributed by atoms with E-state index in [1.54, 1.807) is 26.2 Å². The molecule has 2 N–H and O–H groups in total. The van der Waals surface area contributed by atoms with Crippen LogP contribution in [0.15, 0.2) is 18.5 Å². The highest BCUT2D eigenvalue weighted by Crippen LogP contribution is 2.17. The summed E-state index contributed by atoms with van der Waals surface area (Å²) in [7, 11) is 1.68. The van der Waals surface area contributed by atoms with Crippen molar-refractivity contribution in [2.75, 3.05) is 18.9 Å². The van der Waals surface area contributed by atoms with Crippen LogP contribution in [-0.2, 0) is 9.59 Å². The van der Waals surface area contributed by atoms with E-state index in [2.05, 4.69) is 15.6 Å². The number of carbonyl (C=O) groups excluding carboxylic acids is 3. The van der Waals surface area contributed by atoms with E-state index in [1.807, 2.05) is 0 Å². The van der Waals surface area contributed by atoms with E-state index in [-0.39, 0.29) is 6.54 Å². The first-order valence-electron chi connectivity index (χ1n) is 5.81. The van der Waals surface area contributed by atoms with Gasteiger partial charge in [0, 0.05) is 25.1 Å². The normalized spacial score (nSPS) is 19.1. The maximum atomic E-state index is 12.4. The first kappa shape index (κ1) is 13.0. The lowest BCUT2D eigenvalue weighted by Crippen LogP contribution is -2.58. The molecule has 1 saturated heterocycles. The Bertz CT molecular complexity index is 544. The summed E-state index contributed by atoms with van der Waals surface area (Å²) in [6, 6.07) is 0.971. The molecule has 7 nitrogen and oxygen atoms in total. The summed E-state index contributed by atoms with van der Waals surface area (Å²) in [4.78, 5) is 40.4. The van der Waals surface area contributed by atoms with Crippen molar-refractivity contribution in [3.63, 3.8) is 0 Å². The molecule has 7 heteroatoms. The van der Waals surface area contributed by atoms with Crippen LogP contribution in [-0.4, -0.2) is 47.2 Å². The van der Waals surface area contributed by atoms with Gasteiger partial charge in [-0.2, -0.15) is 0 Å². The smallest absolute Gasteiger partial charge is 0.258 e. The molecule has 1 aromatic heterocycles. The topological polar surface area (TPSA) is 91.4 Å². The van der Waals surface area contributed by atoms with Gasteiger partial charge in [-0.25, -0.2) is 0 Å². The number of imide groups is 1. The molecule has 0 spiro atoms. The summed E-state index contributed by atoms with van der Waals surface area (Å²) >= 11 is 0. The molecule has 0 aliphatic carbocycles. The van der Waals surface area contributed by atoms with E-state index < -0.39 is 23.8 Å². The van der Waals surface area contributed by atoms with Crippen LogP contribution in [0, 0.1) is 0 Å². The van der Waals surface area contributed by atoms with Crippen molar-refractivity contribution in [3.8, 4) is 0 Å². The van der Waals surface area contributed by atoms with E-state index in [9.17, 15) is 14.4 Å². The average molecular weight is 262 g/mol. The first-order valence-corrected chi connectivity index (χ1v) is 5.81. The fourth-order valence-corrected chi connectivity index (χ4v) is 1.90. The molecule has 1 aromatic rings. The summed E-state index contributed by atoms with van der Waals surface area (Å²) in [5.41, 5.74) is 0.935. The Morgan fingerprint density at radius 3 is 2.95 bits per heavy atom. The van der Waals surface area contributed by atoms with Crippen LogP contribution in [0.2, 0.25) is 0 Å². The predicted octanol–water partition coefficient (Wildman–Crippen LogP) is -0.390. The molecule has 2 heterocycles. The second-order valence-electron chi connectivity index (χ2n) is 4.19. The minimum Gasteiger partial charge on any atom is -0.387 e. The molecule has 1 atom stereocenters. The Morgan fingerprint density at radius 1 is 1.53 bits per heavy atom. The SMILES string of the molecule is CNc1ccncc1C(=O)N1CC(=O)NC(=O)C1C. The molecule has 1 aliphatic rings. The molecule has 0 saturated carbocycles. The number of aromatic nitrogens is 1. The van der Waals surface area contributed by atoms with Crippen molar-refractivity contribution in [1.82, 2.24) is 15.2 Å². The van der Waals surface area contributed by atoms with Crippen molar-refractivity contribution in [1.29, 1.82) is 0 Å². The summed E-state index contributed by atoms with van der Waals surface area (Å²) in [5, 5.41) is 5.07. The molecule has 1 aliphatic heterocycles. The standard InChI is InChI=1S/C12H14N4O3/c1-7-11(18)15-10(17)6-16(7)12(19)8-5-14-4-3-9(8)13-2/h3-5,7H,6H2,1-2H3,(H,13,14)(H,15,17,18). The van der Waals surface area contributed by atoms with Gasteiger partial charge in [0.25, 0.3) is 5.91 Å². The maximum Gasteiger partial charge on any atom is 0.258 e. The van der Waals surface area contributed by atoms with Crippen LogP contribution in [0.5, 0.6) is 0 Å².